The third-order valence-electron chi connectivity index (χ3n) is 4.16. The molecule has 1 N–H and O–H groups in total. The highest BCUT2D eigenvalue weighted by Crippen LogP contribution is 2.36. The van der Waals surface area contributed by atoms with Gasteiger partial charge in [-0.2, -0.15) is 0 Å². The van der Waals surface area contributed by atoms with Crippen molar-refractivity contribution in [2.75, 3.05) is 19.6 Å². The lowest BCUT2D eigenvalue weighted by Gasteiger charge is -2.35. The second-order valence-electron chi connectivity index (χ2n) is 6.39. The maximum Gasteiger partial charge on any atom is 0.0246 e. The van der Waals surface area contributed by atoms with Gasteiger partial charge in [-0.05, 0) is 50.5 Å². The number of hydrogen-bond acceptors (Lipinski definition) is 2. The van der Waals surface area contributed by atoms with Crippen LogP contribution in [0.1, 0.15) is 52.9 Å². The van der Waals surface area contributed by atoms with E-state index in [0.29, 0.717) is 0 Å². The van der Waals surface area contributed by atoms with Gasteiger partial charge in [-0.25, -0.2) is 0 Å². The lowest BCUT2D eigenvalue weighted by atomic mass is 10.0. The van der Waals surface area contributed by atoms with Crippen molar-refractivity contribution in [3.63, 3.8) is 0 Å². The highest BCUT2D eigenvalue weighted by Gasteiger charge is 2.38. The van der Waals surface area contributed by atoms with Gasteiger partial charge in [0.1, 0.15) is 0 Å². The Morgan fingerprint density at radius 1 is 1.18 bits per heavy atom. The van der Waals surface area contributed by atoms with Gasteiger partial charge in [-0.15, -0.1) is 0 Å². The lowest BCUT2D eigenvalue weighted by Crippen LogP contribution is -2.47. The van der Waals surface area contributed by atoms with Crippen LogP contribution in [0.15, 0.2) is 0 Å². The minimum absolute atomic E-state index is 0.759. The van der Waals surface area contributed by atoms with Gasteiger partial charge < -0.3 is 5.32 Å². The molecule has 0 saturated heterocycles. The molecule has 0 spiro atoms. The first-order valence-corrected chi connectivity index (χ1v) is 7.68. The van der Waals surface area contributed by atoms with E-state index in [9.17, 15) is 0 Å². The molecule has 2 rings (SSSR count). The summed E-state index contributed by atoms with van der Waals surface area (Å²) in [6.07, 6.45) is 7.11. The molecule has 100 valence electrons. The van der Waals surface area contributed by atoms with Crippen LogP contribution in [0.2, 0.25) is 0 Å². The summed E-state index contributed by atoms with van der Waals surface area (Å²) >= 11 is 0. The minimum atomic E-state index is 0.759. The van der Waals surface area contributed by atoms with Gasteiger partial charge in [0.25, 0.3) is 0 Å². The van der Waals surface area contributed by atoms with E-state index in [2.05, 4.69) is 31.0 Å². The van der Waals surface area contributed by atoms with Gasteiger partial charge >= 0.3 is 0 Å². The predicted octanol–water partition coefficient (Wildman–Crippen LogP) is 2.89. The molecule has 2 aliphatic rings. The highest BCUT2D eigenvalue weighted by molar-refractivity contribution is 4.93. The van der Waals surface area contributed by atoms with Crippen LogP contribution in [0.3, 0.4) is 0 Å². The Labute approximate surface area is 107 Å². The average Bonchev–Trinajstić information content (AvgIpc) is 3.15. The smallest absolute Gasteiger partial charge is 0.0246 e. The highest BCUT2D eigenvalue weighted by atomic mass is 15.2. The second kappa shape index (κ2) is 6.19. The summed E-state index contributed by atoms with van der Waals surface area (Å²) in [4.78, 5) is 2.84. The normalized spacial score (nSPS) is 22.4. The molecule has 1 atom stereocenters. The van der Waals surface area contributed by atoms with E-state index in [4.69, 9.17) is 0 Å². The van der Waals surface area contributed by atoms with E-state index < -0.39 is 0 Å². The van der Waals surface area contributed by atoms with E-state index in [1.165, 1.54) is 51.7 Å². The summed E-state index contributed by atoms with van der Waals surface area (Å²) in [7, 11) is 0. The number of nitrogens with zero attached hydrogens (tertiary/aromatic N) is 1. The monoisotopic (exact) mass is 238 g/mol. The fraction of sp³-hybridized carbons (Fsp3) is 1.00. The molecule has 0 radical (unpaired) electrons. The average molecular weight is 238 g/mol. The molecule has 2 nitrogen and oxygen atoms in total. The van der Waals surface area contributed by atoms with E-state index in [1.54, 1.807) is 0 Å². The van der Waals surface area contributed by atoms with Crippen molar-refractivity contribution in [2.45, 2.75) is 65.0 Å². The summed E-state index contributed by atoms with van der Waals surface area (Å²) in [5.41, 5.74) is 0. The molecule has 2 heteroatoms. The molecule has 0 heterocycles. The van der Waals surface area contributed by atoms with E-state index in [-0.39, 0.29) is 0 Å². The van der Waals surface area contributed by atoms with E-state index in [1.807, 2.05) is 0 Å². The predicted molar refractivity (Wildman–Crippen MR) is 74.2 cm³/mol. The molecule has 0 aromatic carbocycles. The molecule has 0 aliphatic heterocycles. The molecule has 17 heavy (non-hydrogen) atoms. The van der Waals surface area contributed by atoms with E-state index in [0.717, 1.165) is 23.9 Å². The second-order valence-corrected chi connectivity index (χ2v) is 6.39. The van der Waals surface area contributed by atoms with Gasteiger partial charge in [0.2, 0.25) is 0 Å². The first-order valence-electron chi connectivity index (χ1n) is 7.68. The maximum atomic E-state index is 3.63. The standard InChI is InChI=1S/C15H30N2/c1-4-9-16-10-15(12(2)3)17(14-7-8-14)11-13-5-6-13/h12-16H,4-11H2,1-3H3. The zero-order valence-corrected chi connectivity index (χ0v) is 11.9. The van der Waals surface area contributed by atoms with Crippen LogP contribution in [-0.2, 0) is 0 Å². The van der Waals surface area contributed by atoms with Crippen molar-refractivity contribution in [3.8, 4) is 0 Å². The summed E-state index contributed by atoms with van der Waals surface area (Å²) in [6.45, 7) is 10.8. The van der Waals surface area contributed by atoms with Gasteiger partial charge in [-0.1, -0.05) is 20.8 Å². The molecule has 2 fully saturated rings. The molecular weight excluding hydrogens is 208 g/mol. The first-order chi connectivity index (χ1) is 8.22. The Morgan fingerprint density at radius 3 is 2.35 bits per heavy atom. The van der Waals surface area contributed by atoms with Crippen LogP contribution >= 0.6 is 0 Å². The Kier molecular flexibility index (Phi) is 4.87. The van der Waals surface area contributed by atoms with Gasteiger partial charge in [0.15, 0.2) is 0 Å². The van der Waals surface area contributed by atoms with Gasteiger partial charge in [-0.3, -0.25) is 4.90 Å². The fourth-order valence-corrected chi connectivity index (χ4v) is 2.72. The van der Waals surface area contributed by atoms with Gasteiger partial charge in [0.05, 0.1) is 0 Å². The molecule has 2 aliphatic carbocycles. The Balaban J connectivity index is 1.85. The molecule has 0 amide bonds. The third-order valence-corrected chi connectivity index (χ3v) is 4.16. The summed E-state index contributed by atoms with van der Waals surface area (Å²) in [5.74, 6) is 1.81. The molecule has 0 aromatic rings. The van der Waals surface area contributed by atoms with Gasteiger partial charge in [0, 0.05) is 25.2 Å². The third kappa shape index (κ3) is 4.26. The fourth-order valence-electron chi connectivity index (χ4n) is 2.72. The minimum Gasteiger partial charge on any atom is -0.315 e. The molecule has 2 saturated carbocycles. The maximum absolute atomic E-state index is 3.63. The molecule has 0 aromatic heterocycles. The zero-order chi connectivity index (χ0) is 12.3. The van der Waals surface area contributed by atoms with Crippen LogP contribution in [0, 0.1) is 11.8 Å². The van der Waals surface area contributed by atoms with Crippen molar-refractivity contribution >= 4 is 0 Å². The first kappa shape index (κ1) is 13.4. The Morgan fingerprint density at radius 2 is 1.88 bits per heavy atom. The van der Waals surface area contributed by atoms with Crippen molar-refractivity contribution in [1.29, 1.82) is 0 Å². The molecule has 1 unspecified atom stereocenters. The Bertz CT molecular complexity index is 219. The number of rotatable bonds is 9. The summed E-state index contributed by atoms with van der Waals surface area (Å²) in [6, 6.07) is 1.68. The van der Waals surface area contributed by atoms with Crippen molar-refractivity contribution in [1.82, 2.24) is 10.2 Å². The Hall–Kier alpha value is -0.0800. The molecular formula is C15H30N2. The van der Waals surface area contributed by atoms with Crippen LogP contribution in [0.4, 0.5) is 0 Å². The summed E-state index contributed by atoms with van der Waals surface area (Å²) in [5, 5.41) is 3.63. The lowest BCUT2D eigenvalue weighted by molar-refractivity contribution is 0.136. The topological polar surface area (TPSA) is 15.3 Å². The van der Waals surface area contributed by atoms with Crippen molar-refractivity contribution in [2.24, 2.45) is 11.8 Å². The quantitative estimate of drug-likeness (QED) is 0.621. The number of nitrogens with one attached hydrogen (secondary N) is 1. The van der Waals surface area contributed by atoms with Crippen molar-refractivity contribution in [3.05, 3.63) is 0 Å². The van der Waals surface area contributed by atoms with Crippen LogP contribution in [0.5, 0.6) is 0 Å². The SMILES string of the molecule is CCCNCC(C(C)C)N(CC1CC1)C1CC1. The summed E-state index contributed by atoms with van der Waals surface area (Å²) < 4.78 is 0. The van der Waals surface area contributed by atoms with Crippen LogP contribution < -0.4 is 5.32 Å². The number of hydrogen-bond donors (Lipinski definition) is 1. The largest absolute Gasteiger partial charge is 0.315 e. The van der Waals surface area contributed by atoms with E-state index >= 15 is 0 Å². The van der Waals surface area contributed by atoms with Crippen LogP contribution in [-0.4, -0.2) is 36.6 Å². The zero-order valence-electron chi connectivity index (χ0n) is 11.9. The van der Waals surface area contributed by atoms with Crippen molar-refractivity contribution < 1.29 is 0 Å². The molecule has 0 bridgehead atoms. The van der Waals surface area contributed by atoms with Crippen LogP contribution in [0.25, 0.3) is 0 Å².